The molecule has 0 spiro atoms. The van der Waals surface area contributed by atoms with E-state index >= 15 is 0 Å². The highest BCUT2D eigenvalue weighted by Gasteiger charge is 2.11. The van der Waals surface area contributed by atoms with Crippen LogP contribution < -0.4 is 5.73 Å². The van der Waals surface area contributed by atoms with E-state index < -0.39 is 0 Å². The molecule has 0 aliphatic rings. The molecule has 2 N–H and O–H groups in total. The minimum atomic E-state index is 0.549. The van der Waals surface area contributed by atoms with Crippen LogP contribution in [0.15, 0.2) is 36.4 Å². The van der Waals surface area contributed by atoms with Crippen LogP contribution in [0.3, 0.4) is 0 Å². The Morgan fingerprint density at radius 2 is 1.82 bits per heavy atom. The molecule has 0 amide bonds. The smallest absolute Gasteiger partial charge is 0.146 e. The molecule has 0 radical (unpaired) electrons. The highest BCUT2D eigenvalue weighted by atomic mass is 15.3. The number of nitrogens with zero attached hydrogens (tertiary/aromatic N) is 3. The molecule has 0 fully saturated rings. The number of fused-ring (bicyclic) bond motifs is 1. The molecule has 0 saturated heterocycles. The fraction of sp³-hybridized carbons (Fsp3) is 0.154. The summed E-state index contributed by atoms with van der Waals surface area (Å²) >= 11 is 0. The molecule has 86 valence electrons. The topological polar surface area (TPSA) is 48.8 Å². The SMILES string of the molecule is Cn1nc(N)cc1-c1cc2ccccc2n1C. The Bertz CT molecular complexity index is 691. The van der Waals surface area contributed by atoms with Crippen molar-refractivity contribution in [1.82, 2.24) is 14.3 Å². The lowest BCUT2D eigenvalue weighted by Crippen LogP contribution is -1.98. The lowest BCUT2D eigenvalue weighted by atomic mass is 10.2. The van der Waals surface area contributed by atoms with E-state index in [1.807, 2.05) is 29.9 Å². The number of rotatable bonds is 1. The average Bonchev–Trinajstić information content (AvgIpc) is 2.80. The number of nitrogen functional groups attached to an aromatic ring is 1. The van der Waals surface area contributed by atoms with Crippen LogP contribution in [0.5, 0.6) is 0 Å². The first-order valence-corrected chi connectivity index (χ1v) is 5.51. The fourth-order valence-corrected chi connectivity index (χ4v) is 2.26. The number of hydrogen-bond acceptors (Lipinski definition) is 2. The third-order valence-corrected chi connectivity index (χ3v) is 3.11. The van der Waals surface area contributed by atoms with E-state index in [1.54, 1.807) is 0 Å². The molecular weight excluding hydrogens is 212 g/mol. The second-order valence-corrected chi connectivity index (χ2v) is 4.23. The van der Waals surface area contributed by atoms with E-state index in [1.165, 1.54) is 10.9 Å². The number of nitrogens with two attached hydrogens (primary N) is 1. The third-order valence-electron chi connectivity index (χ3n) is 3.11. The Hall–Kier alpha value is -2.23. The van der Waals surface area contributed by atoms with Gasteiger partial charge >= 0.3 is 0 Å². The van der Waals surface area contributed by atoms with Crippen molar-refractivity contribution in [3.63, 3.8) is 0 Å². The summed E-state index contributed by atoms with van der Waals surface area (Å²) in [4.78, 5) is 0. The summed E-state index contributed by atoms with van der Waals surface area (Å²) < 4.78 is 3.97. The van der Waals surface area contributed by atoms with Crippen LogP contribution in [0.4, 0.5) is 5.82 Å². The zero-order chi connectivity index (χ0) is 12.0. The molecule has 3 rings (SSSR count). The molecule has 0 unspecified atom stereocenters. The van der Waals surface area contributed by atoms with Gasteiger partial charge in [0.1, 0.15) is 5.82 Å². The van der Waals surface area contributed by atoms with Gasteiger partial charge in [-0.05, 0) is 12.1 Å². The van der Waals surface area contributed by atoms with E-state index in [0.717, 1.165) is 11.4 Å². The van der Waals surface area contributed by atoms with Gasteiger partial charge in [-0.15, -0.1) is 0 Å². The highest BCUT2D eigenvalue weighted by molar-refractivity contribution is 5.86. The highest BCUT2D eigenvalue weighted by Crippen LogP contribution is 2.27. The number of para-hydroxylation sites is 1. The second-order valence-electron chi connectivity index (χ2n) is 4.23. The monoisotopic (exact) mass is 226 g/mol. The van der Waals surface area contributed by atoms with Gasteiger partial charge in [-0.3, -0.25) is 4.68 Å². The lowest BCUT2D eigenvalue weighted by Gasteiger charge is -2.03. The Kier molecular flexibility index (Phi) is 1.98. The van der Waals surface area contributed by atoms with E-state index in [2.05, 4.69) is 34.9 Å². The lowest BCUT2D eigenvalue weighted by molar-refractivity contribution is 0.772. The molecule has 0 aliphatic carbocycles. The van der Waals surface area contributed by atoms with Gasteiger partial charge in [0.2, 0.25) is 0 Å². The van der Waals surface area contributed by atoms with Gasteiger partial charge < -0.3 is 10.3 Å². The van der Waals surface area contributed by atoms with Crippen molar-refractivity contribution in [3.8, 4) is 11.4 Å². The maximum absolute atomic E-state index is 5.72. The quantitative estimate of drug-likeness (QED) is 0.691. The van der Waals surface area contributed by atoms with Crippen molar-refractivity contribution in [3.05, 3.63) is 36.4 Å². The fourth-order valence-electron chi connectivity index (χ4n) is 2.26. The molecule has 0 bridgehead atoms. The predicted octanol–water partition coefficient (Wildman–Crippen LogP) is 2.16. The maximum Gasteiger partial charge on any atom is 0.146 e. The van der Waals surface area contributed by atoms with Crippen molar-refractivity contribution >= 4 is 16.7 Å². The van der Waals surface area contributed by atoms with Crippen LogP contribution >= 0.6 is 0 Å². The Labute approximate surface area is 99.3 Å². The van der Waals surface area contributed by atoms with Gasteiger partial charge in [-0.25, -0.2) is 0 Å². The Morgan fingerprint density at radius 3 is 2.47 bits per heavy atom. The summed E-state index contributed by atoms with van der Waals surface area (Å²) in [6.45, 7) is 0. The van der Waals surface area contributed by atoms with Gasteiger partial charge in [0.25, 0.3) is 0 Å². The van der Waals surface area contributed by atoms with Crippen molar-refractivity contribution in [2.75, 3.05) is 5.73 Å². The number of benzene rings is 1. The van der Waals surface area contributed by atoms with Crippen molar-refractivity contribution in [2.45, 2.75) is 0 Å². The minimum absolute atomic E-state index is 0.549. The van der Waals surface area contributed by atoms with E-state index in [0.29, 0.717) is 5.82 Å². The molecule has 17 heavy (non-hydrogen) atoms. The van der Waals surface area contributed by atoms with E-state index in [4.69, 9.17) is 5.73 Å². The van der Waals surface area contributed by atoms with Crippen LogP contribution in [0.1, 0.15) is 0 Å². The van der Waals surface area contributed by atoms with Crippen molar-refractivity contribution < 1.29 is 0 Å². The largest absolute Gasteiger partial charge is 0.382 e. The van der Waals surface area contributed by atoms with Gasteiger partial charge in [-0.2, -0.15) is 5.10 Å². The van der Waals surface area contributed by atoms with Crippen LogP contribution in [0, 0.1) is 0 Å². The second kappa shape index (κ2) is 3.38. The van der Waals surface area contributed by atoms with E-state index in [9.17, 15) is 0 Å². The summed E-state index contributed by atoms with van der Waals surface area (Å²) in [6, 6.07) is 12.4. The number of hydrogen-bond donors (Lipinski definition) is 1. The first kappa shape index (κ1) is 9.96. The molecule has 0 saturated carbocycles. The van der Waals surface area contributed by atoms with Crippen LogP contribution in [-0.4, -0.2) is 14.3 Å². The van der Waals surface area contributed by atoms with Crippen molar-refractivity contribution in [1.29, 1.82) is 0 Å². The molecule has 1 aromatic carbocycles. The molecule has 0 atom stereocenters. The van der Waals surface area contributed by atoms with Gasteiger partial charge in [0.05, 0.1) is 11.4 Å². The summed E-state index contributed by atoms with van der Waals surface area (Å²) in [5, 5.41) is 5.41. The van der Waals surface area contributed by atoms with E-state index in [-0.39, 0.29) is 0 Å². The summed E-state index contributed by atoms with van der Waals surface area (Å²) in [5.74, 6) is 0.549. The van der Waals surface area contributed by atoms with Gasteiger partial charge in [0.15, 0.2) is 0 Å². The summed E-state index contributed by atoms with van der Waals surface area (Å²) in [5.41, 5.74) is 9.08. The van der Waals surface area contributed by atoms with Gasteiger partial charge in [-0.1, -0.05) is 18.2 Å². The first-order chi connectivity index (χ1) is 8.16. The predicted molar refractivity (Wildman–Crippen MR) is 69.5 cm³/mol. The molecule has 4 heteroatoms. The van der Waals surface area contributed by atoms with Crippen LogP contribution in [0.2, 0.25) is 0 Å². The first-order valence-electron chi connectivity index (χ1n) is 5.51. The Morgan fingerprint density at radius 1 is 1.06 bits per heavy atom. The summed E-state index contributed by atoms with van der Waals surface area (Å²) in [7, 11) is 3.96. The molecule has 2 heterocycles. The van der Waals surface area contributed by atoms with Gasteiger partial charge in [0, 0.05) is 31.1 Å². The minimum Gasteiger partial charge on any atom is -0.382 e. The molecule has 4 nitrogen and oxygen atoms in total. The zero-order valence-corrected chi connectivity index (χ0v) is 9.88. The summed E-state index contributed by atoms with van der Waals surface area (Å²) in [6.07, 6.45) is 0. The van der Waals surface area contributed by atoms with Crippen LogP contribution in [-0.2, 0) is 14.1 Å². The van der Waals surface area contributed by atoms with Crippen molar-refractivity contribution in [2.24, 2.45) is 14.1 Å². The molecule has 2 aromatic heterocycles. The number of aromatic nitrogens is 3. The average molecular weight is 226 g/mol. The molecule has 0 aliphatic heterocycles. The normalized spacial score (nSPS) is 11.2. The standard InChI is InChI=1S/C13H14N4/c1-16-10-6-4-3-5-9(10)7-11(16)12-8-13(14)15-17(12)2/h3-8H,1-2H3,(H2,14,15). The van der Waals surface area contributed by atoms with Crippen LogP contribution in [0.25, 0.3) is 22.3 Å². The Balaban J connectivity index is 2.31. The molecule has 3 aromatic rings. The number of anilines is 1. The third kappa shape index (κ3) is 1.41. The number of aryl methyl sites for hydroxylation is 2. The maximum atomic E-state index is 5.72. The zero-order valence-electron chi connectivity index (χ0n) is 9.88. The molecular formula is C13H14N4.